The molecule has 19 heavy (non-hydrogen) atoms. The molecule has 0 saturated carbocycles. The molecule has 0 heterocycles. The highest BCUT2D eigenvalue weighted by atomic mass is 35.5. The summed E-state index contributed by atoms with van der Waals surface area (Å²) >= 11 is 5.71. The summed E-state index contributed by atoms with van der Waals surface area (Å²) in [6, 6.07) is 3.59. The lowest BCUT2D eigenvalue weighted by atomic mass is 10.3. The lowest BCUT2D eigenvalue weighted by Crippen LogP contribution is -2.18. The monoisotopic (exact) mass is 292 g/mol. The van der Waals surface area contributed by atoms with Gasteiger partial charge in [0, 0.05) is 0 Å². The summed E-state index contributed by atoms with van der Waals surface area (Å²) < 4.78 is 27.5. The third-order valence-electron chi connectivity index (χ3n) is 1.97. The Balaban J connectivity index is 2.22. The highest BCUT2D eigenvalue weighted by Gasteiger charge is 2.07. The van der Waals surface area contributed by atoms with Crippen LogP contribution in [-0.2, 0) is 14.3 Å². The number of aliphatic hydroxyl groups excluding tert-OH is 1. The van der Waals surface area contributed by atoms with Crippen molar-refractivity contribution in [2.75, 3.05) is 33.0 Å². The van der Waals surface area contributed by atoms with Gasteiger partial charge >= 0.3 is 5.97 Å². The second-order valence-corrected chi connectivity index (χ2v) is 3.83. The maximum Gasteiger partial charge on any atom is 0.344 e. The van der Waals surface area contributed by atoms with Gasteiger partial charge in [0.2, 0.25) is 0 Å². The Hall–Kier alpha value is -1.37. The van der Waals surface area contributed by atoms with Crippen molar-refractivity contribution in [2.24, 2.45) is 0 Å². The second kappa shape index (κ2) is 8.68. The van der Waals surface area contributed by atoms with Crippen LogP contribution in [0.5, 0.6) is 5.75 Å². The van der Waals surface area contributed by atoms with Gasteiger partial charge in [-0.3, -0.25) is 0 Å². The van der Waals surface area contributed by atoms with E-state index < -0.39 is 11.8 Å². The number of hydrogen-bond acceptors (Lipinski definition) is 5. The van der Waals surface area contributed by atoms with Crippen LogP contribution in [0.4, 0.5) is 4.39 Å². The van der Waals surface area contributed by atoms with Gasteiger partial charge in [-0.1, -0.05) is 11.6 Å². The Morgan fingerprint density at radius 2 is 2.11 bits per heavy atom. The summed E-state index contributed by atoms with van der Waals surface area (Å²) in [6.45, 7) is 0.0493. The highest BCUT2D eigenvalue weighted by Crippen LogP contribution is 2.24. The minimum Gasteiger partial charge on any atom is -0.480 e. The quantitative estimate of drug-likeness (QED) is 0.580. The van der Waals surface area contributed by atoms with E-state index in [1.807, 2.05) is 0 Å². The van der Waals surface area contributed by atoms with E-state index in [0.717, 1.165) is 6.07 Å². The summed E-state index contributed by atoms with van der Waals surface area (Å²) in [5.41, 5.74) is 0. The largest absolute Gasteiger partial charge is 0.480 e. The van der Waals surface area contributed by atoms with Crippen LogP contribution in [0.2, 0.25) is 5.02 Å². The van der Waals surface area contributed by atoms with Crippen LogP contribution in [0.3, 0.4) is 0 Å². The maximum absolute atomic E-state index is 12.8. The Labute approximate surface area is 114 Å². The Bertz CT molecular complexity index is 413. The molecule has 0 aromatic heterocycles. The van der Waals surface area contributed by atoms with E-state index in [-0.39, 0.29) is 43.8 Å². The topological polar surface area (TPSA) is 65.0 Å². The number of ether oxygens (including phenoxy) is 3. The average molecular weight is 293 g/mol. The number of hydrogen-bond donors (Lipinski definition) is 1. The fraction of sp³-hybridized carbons (Fsp3) is 0.417. The summed E-state index contributed by atoms with van der Waals surface area (Å²) in [5.74, 6) is -0.870. The molecule has 0 unspecified atom stereocenters. The second-order valence-electron chi connectivity index (χ2n) is 3.42. The molecule has 0 amide bonds. The lowest BCUT2D eigenvalue weighted by molar-refractivity contribution is -0.147. The molecule has 0 bridgehead atoms. The number of carbonyl (C=O) groups excluding carboxylic acids is 1. The zero-order chi connectivity index (χ0) is 14.1. The van der Waals surface area contributed by atoms with Crippen molar-refractivity contribution in [3.05, 3.63) is 29.0 Å². The first-order valence-electron chi connectivity index (χ1n) is 5.55. The van der Waals surface area contributed by atoms with Crippen LogP contribution in [0.1, 0.15) is 0 Å². The summed E-state index contributed by atoms with van der Waals surface area (Å²) in [4.78, 5) is 11.3. The number of aliphatic hydroxyl groups is 1. The third-order valence-corrected chi connectivity index (χ3v) is 2.26. The fourth-order valence-corrected chi connectivity index (χ4v) is 1.37. The molecule has 0 aliphatic heterocycles. The zero-order valence-electron chi connectivity index (χ0n) is 10.1. The van der Waals surface area contributed by atoms with Gasteiger partial charge in [-0.05, 0) is 18.2 Å². The van der Waals surface area contributed by atoms with Crippen LogP contribution in [0.25, 0.3) is 0 Å². The van der Waals surface area contributed by atoms with Gasteiger partial charge in [0.15, 0.2) is 6.61 Å². The maximum atomic E-state index is 12.8. The molecule has 1 N–H and O–H groups in total. The fourth-order valence-electron chi connectivity index (χ4n) is 1.15. The standard InChI is InChI=1S/C12H14ClFO5/c13-10-7-9(14)1-2-11(10)19-8-12(16)18-6-5-17-4-3-15/h1-2,7,15H,3-6,8H2. The molecule has 1 aromatic carbocycles. The molecule has 106 valence electrons. The van der Waals surface area contributed by atoms with Gasteiger partial charge < -0.3 is 19.3 Å². The smallest absolute Gasteiger partial charge is 0.344 e. The molecule has 1 rings (SSSR count). The predicted octanol–water partition coefficient (Wildman–Crippen LogP) is 1.41. The molecule has 0 spiro atoms. The van der Waals surface area contributed by atoms with Gasteiger partial charge in [0.1, 0.15) is 18.2 Å². The van der Waals surface area contributed by atoms with Crippen LogP contribution in [0, 0.1) is 5.82 Å². The molecule has 0 radical (unpaired) electrons. The summed E-state index contributed by atoms with van der Waals surface area (Å²) in [6.07, 6.45) is 0. The molecule has 0 aliphatic rings. The van der Waals surface area contributed by atoms with E-state index in [2.05, 4.69) is 0 Å². The van der Waals surface area contributed by atoms with Gasteiger partial charge in [-0.15, -0.1) is 0 Å². The van der Waals surface area contributed by atoms with Crippen LogP contribution in [0.15, 0.2) is 18.2 Å². The van der Waals surface area contributed by atoms with Crippen LogP contribution in [-0.4, -0.2) is 44.1 Å². The molecule has 0 saturated heterocycles. The van der Waals surface area contributed by atoms with Gasteiger partial charge in [0.25, 0.3) is 0 Å². The molecule has 7 heteroatoms. The summed E-state index contributed by atoms with van der Waals surface area (Å²) in [7, 11) is 0. The first-order chi connectivity index (χ1) is 9.13. The van der Waals surface area contributed by atoms with Crippen molar-refractivity contribution in [2.45, 2.75) is 0 Å². The first-order valence-corrected chi connectivity index (χ1v) is 5.93. The van der Waals surface area contributed by atoms with Crippen LogP contribution < -0.4 is 4.74 Å². The number of halogens is 2. The van der Waals surface area contributed by atoms with Crippen LogP contribution >= 0.6 is 11.6 Å². The highest BCUT2D eigenvalue weighted by molar-refractivity contribution is 6.32. The zero-order valence-corrected chi connectivity index (χ0v) is 10.9. The molecule has 0 fully saturated rings. The number of esters is 1. The van der Waals surface area contributed by atoms with E-state index in [4.69, 9.17) is 30.9 Å². The van der Waals surface area contributed by atoms with E-state index in [1.54, 1.807) is 0 Å². The number of carbonyl (C=O) groups is 1. The third kappa shape index (κ3) is 6.37. The number of benzene rings is 1. The first kappa shape index (κ1) is 15.7. The normalized spacial score (nSPS) is 10.3. The van der Waals surface area contributed by atoms with Crippen molar-refractivity contribution >= 4 is 17.6 Å². The molecule has 0 aliphatic carbocycles. The lowest BCUT2D eigenvalue weighted by Gasteiger charge is -2.08. The minimum absolute atomic E-state index is 0.0688. The number of rotatable bonds is 8. The van der Waals surface area contributed by atoms with Crippen molar-refractivity contribution in [1.29, 1.82) is 0 Å². The van der Waals surface area contributed by atoms with Gasteiger partial charge in [-0.2, -0.15) is 0 Å². The molecule has 1 aromatic rings. The molecule has 5 nitrogen and oxygen atoms in total. The predicted molar refractivity (Wildman–Crippen MR) is 65.8 cm³/mol. The minimum atomic E-state index is -0.590. The van der Waals surface area contributed by atoms with Crippen molar-refractivity contribution in [3.63, 3.8) is 0 Å². The van der Waals surface area contributed by atoms with E-state index in [1.165, 1.54) is 12.1 Å². The van der Waals surface area contributed by atoms with Crippen molar-refractivity contribution < 1.29 is 28.5 Å². The van der Waals surface area contributed by atoms with E-state index in [0.29, 0.717) is 0 Å². The Morgan fingerprint density at radius 3 is 2.79 bits per heavy atom. The van der Waals surface area contributed by atoms with Crippen molar-refractivity contribution in [1.82, 2.24) is 0 Å². The Morgan fingerprint density at radius 1 is 1.32 bits per heavy atom. The molecular weight excluding hydrogens is 279 g/mol. The summed E-state index contributed by atoms with van der Waals surface area (Å²) in [5, 5.41) is 8.52. The van der Waals surface area contributed by atoms with Gasteiger partial charge in [-0.25, -0.2) is 9.18 Å². The van der Waals surface area contributed by atoms with Crippen molar-refractivity contribution in [3.8, 4) is 5.75 Å². The molecular formula is C12H14ClFO5. The SMILES string of the molecule is O=C(COc1ccc(F)cc1Cl)OCCOCCO. The molecule has 0 atom stereocenters. The van der Waals surface area contributed by atoms with Gasteiger partial charge in [0.05, 0.1) is 24.8 Å². The Kier molecular flexibility index (Phi) is 7.17. The van der Waals surface area contributed by atoms with E-state index in [9.17, 15) is 9.18 Å². The van der Waals surface area contributed by atoms with E-state index >= 15 is 0 Å². The average Bonchev–Trinajstić information content (AvgIpc) is 2.37.